The van der Waals surface area contributed by atoms with Gasteiger partial charge >= 0.3 is 6.09 Å². The van der Waals surface area contributed by atoms with Crippen molar-refractivity contribution in [1.82, 2.24) is 24.7 Å². The summed E-state index contributed by atoms with van der Waals surface area (Å²) < 4.78 is 10.6. The maximum Gasteiger partial charge on any atom is 0.407 e. The minimum absolute atomic E-state index is 0.0873. The van der Waals surface area contributed by atoms with E-state index in [1.165, 1.54) is 4.90 Å². The molecule has 2 N–H and O–H groups in total. The Balaban J connectivity index is 1.99. The molecule has 2 aliphatic rings. The number of nitrogens with zero attached hydrogens (tertiary/aromatic N) is 5. The lowest BCUT2D eigenvalue weighted by Crippen LogP contribution is -2.58. The lowest BCUT2D eigenvalue weighted by atomic mass is 9.90. The normalized spacial score (nSPS) is 19.8. The second-order valence-electron chi connectivity index (χ2n) is 12.4. The molecule has 0 aliphatic carbocycles. The van der Waals surface area contributed by atoms with Gasteiger partial charge in [0.15, 0.2) is 0 Å². The van der Waals surface area contributed by atoms with Gasteiger partial charge < -0.3 is 34.6 Å². The van der Waals surface area contributed by atoms with Gasteiger partial charge in [-0.3, -0.25) is 9.59 Å². The number of carbonyl (C=O) groups is 3. The Morgan fingerprint density at radius 2 is 1.83 bits per heavy atom. The van der Waals surface area contributed by atoms with Crippen molar-refractivity contribution in [3.8, 4) is 0 Å². The number of hydrogen-bond donors (Lipinski definition) is 2. The predicted molar refractivity (Wildman–Crippen MR) is 155 cm³/mol. The standard InChI is InChI=1S/C29H48N6O6/c1-19(2)16-35(22-15-21(17-34(18-22)28(38)39)25(36)33-10-13-41-14-11-33)26(37)23-20(3)31-27(29(4,5)6)32-24(23)30-9-8-12-40-7/h19,21-22H,8-18H2,1-7H3,(H,38,39)(H,30,31,32)/t21-,22+/m1/s1. The molecule has 1 aromatic rings. The zero-order valence-corrected chi connectivity index (χ0v) is 25.7. The first kappa shape index (κ1) is 32.5. The van der Waals surface area contributed by atoms with Crippen LogP contribution in [0.15, 0.2) is 0 Å². The summed E-state index contributed by atoms with van der Waals surface area (Å²) in [5.41, 5.74) is 0.607. The third-order valence-corrected chi connectivity index (χ3v) is 7.43. The lowest BCUT2D eigenvalue weighted by Gasteiger charge is -2.43. The fourth-order valence-electron chi connectivity index (χ4n) is 5.33. The Morgan fingerprint density at radius 1 is 1.15 bits per heavy atom. The second kappa shape index (κ2) is 14.3. The van der Waals surface area contributed by atoms with Crippen LogP contribution in [0.3, 0.4) is 0 Å². The molecule has 3 rings (SSSR count). The van der Waals surface area contributed by atoms with Crippen LogP contribution in [0, 0.1) is 18.8 Å². The number of rotatable bonds is 10. The molecule has 230 valence electrons. The van der Waals surface area contributed by atoms with Crippen LogP contribution < -0.4 is 5.32 Å². The van der Waals surface area contributed by atoms with E-state index < -0.39 is 18.1 Å². The highest BCUT2D eigenvalue weighted by Gasteiger charge is 2.41. The minimum Gasteiger partial charge on any atom is -0.465 e. The van der Waals surface area contributed by atoms with Crippen LogP contribution in [0.1, 0.15) is 69.3 Å². The van der Waals surface area contributed by atoms with Crippen LogP contribution >= 0.6 is 0 Å². The monoisotopic (exact) mass is 576 g/mol. The number of ether oxygens (including phenoxy) is 2. The molecule has 3 amide bonds. The molecule has 2 atom stereocenters. The number of carboxylic acid groups (broad SMARTS) is 1. The number of anilines is 1. The van der Waals surface area contributed by atoms with E-state index in [2.05, 4.69) is 5.32 Å². The molecule has 0 unspecified atom stereocenters. The molecule has 3 heterocycles. The Bertz CT molecular complexity index is 1070. The van der Waals surface area contributed by atoms with E-state index in [1.54, 1.807) is 16.9 Å². The number of aryl methyl sites for hydroxylation is 1. The molecule has 12 heteroatoms. The molecule has 1 aromatic heterocycles. The van der Waals surface area contributed by atoms with E-state index in [1.807, 2.05) is 41.5 Å². The molecule has 2 aliphatic heterocycles. The molecule has 0 aromatic carbocycles. The maximum absolute atomic E-state index is 14.4. The van der Waals surface area contributed by atoms with E-state index in [0.717, 1.165) is 6.42 Å². The number of nitrogens with one attached hydrogen (secondary N) is 1. The van der Waals surface area contributed by atoms with Crippen molar-refractivity contribution in [1.29, 1.82) is 0 Å². The highest BCUT2D eigenvalue weighted by molar-refractivity contribution is 6.00. The average Bonchev–Trinajstić information content (AvgIpc) is 2.92. The van der Waals surface area contributed by atoms with Crippen LogP contribution in [0.2, 0.25) is 0 Å². The van der Waals surface area contributed by atoms with Crippen molar-refractivity contribution in [3.63, 3.8) is 0 Å². The number of methoxy groups -OCH3 is 1. The molecule has 41 heavy (non-hydrogen) atoms. The van der Waals surface area contributed by atoms with Crippen molar-refractivity contribution >= 4 is 23.7 Å². The van der Waals surface area contributed by atoms with Gasteiger partial charge in [0.05, 0.1) is 30.9 Å². The lowest BCUT2D eigenvalue weighted by molar-refractivity contribution is -0.142. The number of carbonyl (C=O) groups excluding carboxylic acids is 2. The topological polar surface area (TPSA) is 137 Å². The van der Waals surface area contributed by atoms with Gasteiger partial charge in [0, 0.05) is 58.4 Å². The highest BCUT2D eigenvalue weighted by atomic mass is 16.5. The zero-order valence-electron chi connectivity index (χ0n) is 25.7. The Labute approximate surface area is 243 Å². The molecule has 0 bridgehead atoms. The molecule has 0 radical (unpaired) electrons. The fourth-order valence-corrected chi connectivity index (χ4v) is 5.33. The fraction of sp³-hybridized carbons (Fsp3) is 0.759. The van der Waals surface area contributed by atoms with E-state index in [4.69, 9.17) is 19.4 Å². The number of morpholine rings is 1. The number of likely N-dealkylation sites (tertiary alicyclic amines) is 1. The molecule has 0 saturated carbocycles. The summed E-state index contributed by atoms with van der Waals surface area (Å²) in [4.78, 5) is 54.3. The van der Waals surface area contributed by atoms with Gasteiger partial charge in [-0.25, -0.2) is 14.8 Å². The summed E-state index contributed by atoms with van der Waals surface area (Å²) in [6, 6.07) is -0.479. The van der Waals surface area contributed by atoms with Crippen molar-refractivity contribution in [3.05, 3.63) is 17.1 Å². The molecule has 12 nitrogen and oxygen atoms in total. The first-order chi connectivity index (χ1) is 19.3. The Hall–Kier alpha value is -2.99. The summed E-state index contributed by atoms with van der Waals surface area (Å²) >= 11 is 0. The maximum atomic E-state index is 14.4. The van der Waals surface area contributed by atoms with Gasteiger partial charge in [-0.05, 0) is 25.7 Å². The molecular weight excluding hydrogens is 528 g/mol. The van der Waals surface area contributed by atoms with Crippen molar-refractivity contribution in [2.75, 3.05) is 71.5 Å². The van der Waals surface area contributed by atoms with Crippen LogP contribution in [-0.4, -0.2) is 120 Å². The van der Waals surface area contributed by atoms with Crippen molar-refractivity contribution < 1.29 is 29.0 Å². The SMILES string of the molecule is COCCCNc1nc(C(C)(C)C)nc(C)c1C(=O)N(CC(C)C)[C@H]1C[C@@H](C(=O)N2CCOCC2)CN(C(=O)O)C1. The van der Waals surface area contributed by atoms with Gasteiger partial charge in [-0.1, -0.05) is 34.6 Å². The summed E-state index contributed by atoms with van der Waals surface area (Å²) in [6.07, 6.45) is 0.0190. The third kappa shape index (κ3) is 8.51. The quantitative estimate of drug-likeness (QED) is 0.403. The van der Waals surface area contributed by atoms with E-state index >= 15 is 0 Å². The largest absolute Gasteiger partial charge is 0.465 e. The second-order valence-corrected chi connectivity index (χ2v) is 12.4. The van der Waals surface area contributed by atoms with E-state index in [0.29, 0.717) is 75.3 Å². The van der Waals surface area contributed by atoms with Gasteiger partial charge in [0.25, 0.3) is 5.91 Å². The summed E-state index contributed by atoms with van der Waals surface area (Å²) in [5, 5.41) is 13.3. The van der Waals surface area contributed by atoms with Crippen LogP contribution in [0.5, 0.6) is 0 Å². The highest BCUT2D eigenvalue weighted by Crippen LogP contribution is 2.29. The van der Waals surface area contributed by atoms with Crippen LogP contribution in [0.4, 0.5) is 10.6 Å². The van der Waals surface area contributed by atoms with Gasteiger partial charge in [0.1, 0.15) is 17.2 Å². The third-order valence-electron chi connectivity index (χ3n) is 7.43. The molecule has 0 spiro atoms. The molecule has 2 saturated heterocycles. The molecule has 2 fully saturated rings. The first-order valence-electron chi connectivity index (χ1n) is 14.6. The first-order valence-corrected chi connectivity index (χ1v) is 14.6. The minimum atomic E-state index is -1.10. The summed E-state index contributed by atoms with van der Waals surface area (Å²) in [7, 11) is 1.65. The summed E-state index contributed by atoms with van der Waals surface area (Å²) in [6.45, 7) is 15.6. The molecular formula is C29H48N6O6. The average molecular weight is 577 g/mol. The Morgan fingerprint density at radius 3 is 2.41 bits per heavy atom. The van der Waals surface area contributed by atoms with Crippen LogP contribution in [0.25, 0.3) is 0 Å². The van der Waals surface area contributed by atoms with E-state index in [-0.39, 0.29) is 36.2 Å². The summed E-state index contributed by atoms with van der Waals surface area (Å²) in [5.74, 6) is 0.307. The van der Waals surface area contributed by atoms with E-state index in [9.17, 15) is 19.5 Å². The Kier molecular flexibility index (Phi) is 11.3. The number of hydrogen-bond acceptors (Lipinski definition) is 8. The smallest absolute Gasteiger partial charge is 0.407 e. The van der Waals surface area contributed by atoms with Crippen molar-refractivity contribution in [2.45, 2.75) is 65.8 Å². The van der Waals surface area contributed by atoms with Crippen molar-refractivity contribution in [2.24, 2.45) is 11.8 Å². The van der Waals surface area contributed by atoms with Gasteiger partial charge in [-0.2, -0.15) is 0 Å². The van der Waals surface area contributed by atoms with Crippen LogP contribution in [-0.2, 0) is 19.7 Å². The zero-order chi connectivity index (χ0) is 30.3. The predicted octanol–water partition coefficient (Wildman–Crippen LogP) is 2.86. The van der Waals surface area contributed by atoms with Gasteiger partial charge in [-0.15, -0.1) is 0 Å². The number of amides is 3. The number of piperidine rings is 1. The number of aromatic nitrogens is 2. The van der Waals surface area contributed by atoms with Gasteiger partial charge in [0.2, 0.25) is 5.91 Å².